The van der Waals surface area contributed by atoms with E-state index in [4.69, 9.17) is 10.2 Å². The molecule has 0 aliphatic rings. The highest BCUT2D eigenvalue weighted by Gasteiger charge is 2.15. The van der Waals surface area contributed by atoms with Crippen molar-refractivity contribution >= 4 is 22.3 Å². The van der Waals surface area contributed by atoms with Gasteiger partial charge in [0.25, 0.3) is 0 Å². The summed E-state index contributed by atoms with van der Waals surface area (Å²) in [6.45, 7) is 0. The molecule has 2 aromatic heterocycles. The number of para-hydroxylation sites is 1. The minimum Gasteiger partial charge on any atom is -0.464 e. The van der Waals surface area contributed by atoms with Crippen molar-refractivity contribution in [2.75, 3.05) is 0 Å². The molecule has 0 bridgehead atoms. The number of benzene rings is 1. The summed E-state index contributed by atoms with van der Waals surface area (Å²) in [5.74, 6) is 0. The summed E-state index contributed by atoms with van der Waals surface area (Å²) in [5, 5.41) is 3.14. The summed E-state index contributed by atoms with van der Waals surface area (Å²) in [7, 11) is 0. The van der Waals surface area contributed by atoms with Crippen LogP contribution in [0.25, 0.3) is 11.0 Å². The van der Waals surface area contributed by atoms with E-state index in [1.807, 2.05) is 35.7 Å². The fourth-order valence-corrected chi connectivity index (χ4v) is 2.61. The van der Waals surface area contributed by atoms with Crippen molar-refractivity contribution in [3.05, 3.63) is 58.5 Å². The average molecular weight is 229 g/mol. The van der Waals surface area contributed by atoms with Crippen LogP contribution in [0.1, 0.15) is 16.5 Å². The third kappa shape index (κ3) is 1.45. The molecule has 0 amide bonds. The van der Waals surface area contributed by atoms with E-state index in [1.54, 1.807) is 17.6 Å². The van der Waals surface area contributed by atoms with E-state index >= 15 is 0 Å². The van der Waals surface area contributed by atoms with Crippen LogP contribution in [0.15, 0.2) is 52.5 Å². The van der Waals surface area contributed by atoms with Gasteiger partial charge in [0.2, 0.25) is 0 Å². The molecule has 0 saturated heterocycles. The Labute approximate surface area is 97.3 Å². The van der Waals surface area contributed by atoms with Crippen molar-refractivity contribution in [1.82, 2.24) is 0 Å². The summed E-state index contributed by atoms with van der Waals surface area (Å²) in [4.78, 5) is 1.16. The largest absolute Gasteiger partial charge is 0.464 e. The summed E-state index contributed by atoms with van der Waals surface area (Å²) in [6.07, 6.45) is 1.76. The summed E-state index contributed by atoms with van der Waals surface area (Å²) >= 11 is 1.67. The number of fused-ring (bicyclic) bond motifs is 1. The molecular formula is C13H11NOS. The Morgan fingerprint density at radius 1 is 1.12 bits per heavy atom. The van der Waals surface area contributed by atoms with Crippen molar-refractivity contribution in [2.45, 2.75) is 6.04 Å². The van der Waals surface area contributed by atoms with E-state index < -0.39 is 0 Å². The highest BCUT2D eigenvalue weighted by molar-refractivity contribution is 7.10. The number of nitrogens with two attached hydrogens (primary N) is 1. The molecule has 0 spiro atoms. The molecule has 0 aliphatic heterocycles. The zero-order valence-electron chi connectivity index (χ0n) is 8.59. The topological polar surface area (TPSA) is 39.2 Å². The quantitative estimate of drug-likeness (QED) is 0.730. The van der Waals surface area contributed by atoms with Crippen LogP contribution in [0.3, 0.4) is 0 Å². The fraction of sp³-hybridized carbons (Fsp3) is 0.0769. The predicted octanol–water partition coefficient (Wildman–Crippen LogP) is 3.54. The first-order valence-electron chi connectivity index (χ1n) is 5.11. The summed E-state index contributed by atoms with van der Waals surface area (Å²) in [6, 6.07) is 11.9. The molecule has 0 saturated carbocycles. The zero-order valence-corrected chi connectivity index (χ0v) is 9.41. The number of hydrogen-bond acceptors (Lipinski definition) is 3. The molecule has 1 unspecified atom stereocenters. The lowest BCUT2D eigenvalue weighted by Gasteiger charge is -2.06. The Hall–Kier alpha value is -1.58. The molecule has 1 atom stereocenters. The Bertz CT molecular complexity index is 597. The Kier molecular flexibility index (Phi) is 2.27. The first-order valence-corrected chi connectivity index (χ1v) is 5.99. The van der Waals surface area contributed by atoms with Gasteiger partial charge >= 0.3 is 0 Å². The lowest BCUT2D eigenvalue weighted by molar-refractivity contribution is 0.607. The zero-order chi connectivity index (χ0) is 11.0. The first kappa shape index (κ1) is 9.63. The van der Waals surface area contributed by atoms with Crippen LogP contribution in [0.2, 0.25) is 0 Å². The Morgan fingerprint density at radius 2 is 2.00 bits per heavy atom. The number of thiophene rings is 1. The second-order valence-corrected chi connectivity index (χ2v) is 4.66. The molecule has 2 heterocycles. The smallest absolute Gasteiger partial charge is 0.134 e. The number of rotatable bonds is 2. The lowest BCUT2D eigenvalue weighted by Crippen LogP contribution is -2.09. The van der Waals surface area contributed by atoms with Gasteiger partial charge in [0.15, 0.2) is 0 Å². The van der Waals surface area contributed by atoms with E-state index in [-0.39, 0.29) is 6.04 Å². The summed E-state index contributed by atoms with van der Waals surface area (Å²) < 4.78 is 5.49. The van der Waals surface area contributed by atoms with Gasteiger partial charge in [-0.05, 0) is 17.5 Å². The van der Waals surface area contributed by atoms with Crippen molar-refractivity contribution in [3.8, 4) is 0 Å². The van der Waals surface area contributed by atoms with Crippen molar-refractivity contribution in [1.29, 1.82) is 0 Å². The maximum absolute atomic E-state index is 6.22. The van der Waals surface area contributed by atoms with Gasteiger partial charge in [0.05, 0.1) is 12.3 Å². The third-order valence-electron chi connectivity index (χ3n) is 2.70. The SMILES string of the molecule is NC(c1cccs1)c1coc2ccccc12. The molecule has 80 valence electrons. The van der Waals surface area contributed by atoms with Gasteiger partial charge in [-0.1, -0.05) is 24.3 Å². The third-order valence-corrected chi connectivity index (χ3v) is 3.65. The van der Waals surface area contributed by atoms with Gasteiger partial charge in [-0.25, -0.2) is 0 Å². The molecule has 3 aromatic rings. The molecule has 0 aliphatic carbocycles. The molecule has 3 rings (SSSR count). The van der Waals surface area contributed by atoms with E-state index in [0.717, 1.165) is 21.4 Å². The van der Waals surface area contributed by atoms with E-state index in [2.05, 4.69) is 6.07 Å². The monoisotopic (exact) mass is 229 g/mol. The molecule has 2 N–H and O–H groups in total. The van der Waals surface area contributed by atoms with Gasteiger partial charge in [0, 0.05) is 15.8 Å². The average Bonchev–Trinajstić information content (AvgIpc) is 2.98. The van der Waals surface area contributed by atoms with Gasteiger partial charge in [-0.15, -0.1) is 11.3 Å². The highest BCUT2D eigenvalue weighted by Crippen LogP contribution is 2.30. The molecular weight excluding hydrogens is 218 g/mol. The van der Waals surface area contributed by atoms with Crippen LogP contribution in [0, 0.1) is 0 Å². The number of furan rings is 1. The van der Waals surface area contributed by atoms with Crippen molar-refractivity contribution in [3.63, 3.8) is 0 Å². The maximum atomic E-state index is 6.22. The van der Waals surface area contributed by atoms with Gasteiger partial charge in [-0.2, -0.15) is 0 Å². The van der Waals surface area contributed by atoms with Crippen molar-refractivity contribution < 1.29 is 4.42 Å². The first-order chi connectivity index (χ1) is 7.86. The standard InChI is InChI=1S/C13H11NOS/c14-13(12-6-3-7-16-12)10-8-15-11-5-2-1-4-9(10)11/h1-8,13H,14H2. The second-order valence-electron chi connectivity index (χ2n) is 3.68. The van der Waals surface area contributed by atoms with E-state index in [1.165, 1.54) is 0 Å². The van der Waals surface area contributed by atoms with Gasteiger partial charge in [0.1, 0.15) is 5.58 Å². The van der Waals surface area contributed by atoms with Crippen LogP contribution in [0.5, 0.6) is 0 Å². The Balaban J connectivity index is 2.12. The minimum atomic E-state index is -0.0938. The Morgan fingerprint density at radius 3 is 2.81 bits per heavy atom. The molecule has 0 fully saturated rings. The number of hydrogen-bond donors (Lipinski definition) is 1. The van der Waals surface area contributed by atoms with Crippen LogP contribution in [-0.2, 0) is 0 Å². The molecule has 2 nitrogen and oxygen atoms in total. The molecule has 16 heavy (non-hydrogen) atoms. The minimum absolute atomic E-state index is 0.0938. The van der Waals surface area contributed by atoms with Gasteiger partial charge in [-0.3, -0.25) is 0 Å². The van der Waals surface area contributed by atoms with E-state index in [9.17, 15) is 0 Å². The van der Waals surface area contributed by atoms with Crippen LogP contribution < -0.4 is 5.73 Å². The fourth-order valence-electron chi connectivity index (χ4n) is 1.86. The van der Waals surface area contributed by atoms with Crippen molar-refractivity contribution in [2.24, 2.45) is 5.73 Å². The highest BCUT2D eigenvalue weighted by atomic mass is 32.1. The second kappa shape index (κ2) is 3.77. The molecule has 1 aromatic carbocycles. The summed E-state index contributed by atoms with van der Waals surface area (Å²) in [5.41, 5.74) is 8.17. The van der Waals surface area contributed by atoms with E-state index in [0.29, 0.717) is 0 Å². The maximum Gasteiger partial charge on any atom is 0.134 e. The van der Waals surface area contributed by atoms with Crippen LogP contribution in [-0.4, -0.2) is 0 Å². The normalized spacial score (nSPS) is 13.1. The predicted molar refractivity (Wildman–Crippen MR) is 66.6 cm³/mol. The van der Waals surface area contributed by atoms with Crippen LogP contribution >= 0.6 is 11.3 Å². The van der Waals surface area contributed by atoms with Gasteiger partial charge < -0.3 is 10.2 Å². The molecule has 0 radical (unpaired) electrons. The van der Waals surface area contributed by atoms with Crippen LogP contribution in [0.4, 0.5) is 0 Å². The molecule has 3 heteroatoms. The lowest BCUT2D eigenvalue weighted by atomic mass is 10.1.